The molecule has 2 aromatic heterocycles. The van der Waals surface area contributed by atoms with Gasteiger partial charge in [0.2, 0.25) is 0 Å². The number of fused-ring (bicyclic) bond motifs is 1. The summed E-state index contributed by atoms with van der Waals surface area (Å²) in [5.41, 5.74) is 1.29. The van der Waals surface area contributed by atoms with Crippen LogP contribution >= 0.6 is 11.6 Å². The molecule has 0 atom stereocenters. The minimum absolute atomic E-state index is 0. The quantitative estimate of drug-likeness (QED) is 0.259. The minimum atomic E-state index is 0. The normalized spacial score (nSPS) is 9.83. The molecule has 6 heteroatoms. The fraction of sp³-hybridized carbons (Fsp3) is 0.167. The van der Waals surface area contributed by atoms with Crippen molar-refractivity contribution in [2.45, 2.75) is 0 Å². The summed E-state index contributed by atoms with van der Waals surface area (Å²) < 4.78 is 1.67. The van der Waals surface area contributed by atoms with Gasteiger partial charge >= 0.3 is 18.9 Å². The van der Waals surface area contributed by atoms with Crippen LogP contribution in [0.1, 0.15) is 0 Å². The molecule has 0 radical (unpaired) electrons. The smallest absolute Gasteiger partial charge is 0.435 e. The van der Waals surface area contributed by atoms with Crippen molar-refractivity contribution in [1.29, 1.82) is 0 Å². The fourth-order valence-corrected chi connectivity index (χ4v) is 1.03. The van der Waals surface area contributed by atoms with Gasteiger partial charge in [0.15, 0.2) is 0 Å². The zero-order chi connectivity index (χ0) is 7.84. The SMILES string of the molecule is Cn1[c-]nc2c(Cl)ncnc21.[Li+]. The molecule has 56 valence electrons. The Bertz CT molecular complexity index is 399. The third-order valence-electron chi connectivity index (χ3n) is 1.39. The van der Waals surface area contributed by atoms with Crippen molar-refractivity contribution >= 4 is 22.8 Å². The molecule has 0 spiro atoms. The first kappa shape index (κ1) is 9.52. The van der Waals surface area contributed by atoms with Gasteiger partial charge in [-0.15, -0.1) is 0 Å². The first-order chi connectivity index (χ1) is 5.29. The van der Waals surface area contributed by atoms with Crippen molar-refractivity contribution in [1.82, 2.24) is 19.5 Å². The van der Waals surface area contributed by atoms with Crippen molar-refractivity contribution in [3.05, 3.63) is 17.8 Å². The Kier molecular flexibility index (Phi) is 2.73. The minimum Gasteiger partial charge on any atom is -0.435 e. The number of aryl methyl sites for hydroxylation is 1. The average molecular weight is 175 g/mol. The van der Waals surface area contributed by atoms with Gasteiger partial charge in [-0.05, 0) is 12.6 Å². The molecule has 2 rings (SSSR count). The van der Waals surface area contributed by atoms with Crippen molar-refractivity contribution in [2.24, 2.45) is 7.05 Å². The summed E-state index contributed by atoms with van der Waals surface area (Å²) in [6, 6.07) is 0. The van der Waals surface area contributed by atoms with E-state index in [1.165, 1.54) is 6.33 Å². The van der Waals surface area contributed by atoms with E-state index in [2.05, 4.69) is 21.3 Å². The van der Waals surface area contributed by atoms with Crippen LogP contribution in [0.15, 0.2) is 6.33 Å². The maximum atomic E-state index is 5.72. The summed E-state index contributed by atoms with van der Waals surface area (Å²) in [7, 11) is 1.80. The van der Waals surface area contributed by atoms with E-state index in [4.69, 9.17) is 11.6 Å². The maximum Gasteiger partial charge on any atom is 1.00 e. The van der Waals surface area contributed by atoms with Crippen LogP contribution in [0.25, 0.3) is 11.2 Å². The number of halogens is 1. The van der Waals surface area contributed by atoms with Crippen molar-refractivity contribution < 1.29 is 18.9 Å². The van der Waals surface area contributed by atoms with Crippen LogP contribution in [-0.4, -0.2) is 19.5 Å². The van der Waals surface area contributed by atoms with Gasteiger partial charge in [-0.2, -0.15) is 0 Å². The van der Waals surface area contributed by atoms with E-state index in [9.17, 15) is 0 Å². The summed E-state index contributed by atoms with van der Waals surface area (Å²) in [6.45, 7) is 0. The molecule has 2 heterocycles. The first-order valence-electron chi connectivity index (χ1n) is 2.99. The second kappa shape index (κ2) is 3.44. The molecule has 0 aliphatic carbocycles. The molecule has 0 amide bonds. The fourth-order valence-electron chi connectivity index (χ4n) is 0.863. The van der Waals surface area contributed by atoms with Crippen LogP contribution < -0.4 is 18.9 Å². The van der Waals surface area contributed by atoms with Crippen LogP contribution in [0.4, 0.5) is 0 Å². The number of imidazole rings is 1. The molecular formula is C6H4ClLiN4. The van der Waals surface area contributed by atoms with Crippen LogP contribution in [0.2, 0.25) is 5.15 Å². The third-order valence-corrected chi connectivity index (χ3v) is 1.66. The van der Waals surface area contributed by atoms with Crippen molar-refractivity contribution in [3.63, 3.8) is 0 Å². The van der Waals surface area contributed by atoms with Gasteiger partial charge < -0.3 is 9.55 Å². The molecule has 0 saturated heterocycles. The second-order valence-electron chi connectivity index (χ2n) is 2.11. The summed E-state index contributed by atoms with van der Waals surface area (Å²) in [6.07, 6.45) is 4.10. The zero-order valence-electron chi connectivity index (χ0n) is 6.74. The number of aromatic nitrogens is 4. The Morgan fingerprint density at radius 2 is 2.25 bits per heavy atom. The van der Waals surface area contributed by atoms with Gasteiger partial charge in [-0.3, -0.25) is 4.98 Å². The number of nitrogens with zero attached hydrogens (tertiary/aromatic N) is 4. The predicted molar refractivity (Wildman–Crippen MR) is 40.2 cm³/mol. The molecule has 0 bridgehead atoms. The Balaban J connectivity index is 0.000000720. The molecule has 4 nitrogen and oxygen atoms in total. The second-order valence-corrected chi connectivity index (χ2v) is 2.47. The Hall–Kier alpha value is -0.563. The predicted octanol–water partition coefficient (Wildman–Crippen LogP) is -2.18. The molecule has 0 aromatic carbocycles. The Morgan fingerprint density at radius 3 is 2.92 bits per heavy atom. The van der Waals surface area contributed by atoms with Crippen molar-refractivity contribution in [2.75, 3.05) is 0 Å². The molecule has 0 N–H and O–H groups in total. The van der Waals surface area contributed by atoms with Gasteiger partial charge in [0.05, 0.1) is 5.15 Å². The maximum absolute atomic E-state index is 5.72. The van der Waals surface area contributed by atoms with Gasteiger partial charge in [0.1, 0.15) is 6.33 Å². The van der Waals surface area contributed by atoms with Crippen LogP contribution in [0.3, 0.4) is 0 Å². The number of rotatable bonds is 0. The largest absolute Gasteiger partial charge is 1.00 e. The first-order valence-corrected chi connectivity index (χ1v) is 3.37. The summed E-state index contributed by atoms with van der Waals surface area (Å²) in [5, 5.41) is 0.367. The molecular weight excluding hydrogens is 170 g/mol. The standard InChI is InChI=1S/C6H4ClN4.Li/c1-11-3-10-4-5(7)8-2-9-6(4)11;/h2H,1H3;/q-1;+1. The molecule has 0 fully saturated rings. The van der Waals surface area contributed by atoms with E-state index in [1.807, 2.05) is 0 Å². The van der Waals surface area contributed by atoms with Gasteiger partial charge in [-0.25, -0.2) is 4.98 Å². The third kappa shape index (κ3) is 1.33. The van der Waals surface area contributed by atoms with E-state index in [0.29, 0.717) is 16.3 Å². The van der Waals surface area contributed by atoms with E-state index in [-0.39, 0.29) is 18.9 Å². The molecule has 2 aromatic rings. The Labute approximate surface area is 86.2 Å². The van der Waals surface area contributed by atoms with E-state index >= 15 is 0 Å². The molecule has 0 aliphatic rings. The van der Waals surface area contributed by atoms with E-state index in [1.54, 1.807) is 11.6 Å². The zero-order valence-corrected chi connectivity index (χ0v) is 7.50. The van der Waals surface area contributed by atoms with E-state index in [0.717, 1.165) is 0 Å². The molecule has 12 heavy (non-hydrogen) atoms. The molecule has 0 unspecified atom stereocenters. The van der Waals surface area contributed by atoms with Crippen molar-refractivity contribution in [3.8, 4) is 0 Å². The molecule has 0 aliphatic heterocycles. The number of hydrogen-bond acceptors (Lipinski definition) is 3. The van der Waals surface area contributed by atoms with Gasteiger partial charge in [-0.1, -0.05) is 11.6 Å². The van der Waals surface area contributed by atoms with E-state index < -0.39 is 0 Å². The number of hydrogen-bond donors (Lipinski definition) is 0. The van der Waals surface area contributed by atoms with Crippen LogP contribution in [0, 0.1) is 6.33 Å². The average Bonchev–Trinajstić information content (AvgIpc) is 2.35. The summed E-state index contributed by atoms with van der Waals surface area (Å²) in [5.74, 6) is 0. The van der Waals surface area contributed by atoms with Gasteiger partial charge in [0.25, 0.3) is 0 Å². The van der Waals surface area contributed by atoms with Gasteiger partial charge in [0, 0.05) is 12.0 Å². The Morgan fingerprint density at radius 1 is 1.50 bits per heavy atom. The topological polar surface area (TPSA) is 43.6 Å². The summed E-state index contributed by atoms with van der Waals surface area (Å²) >= 11 is 5.72. The van der Waals surface area contributed by atoms with Crippen LogP contribution in [-0.2, 0) is 7.05 Å². The monoisotopic (exact) mass is 174 g/mol. The summed E-state index contributed by atoms with van der Waals surface area (Å²) in [4.78, 5) is 11.7. The van der Waals surface area contributed by atoms with Crippen LogP contribution in [0.5, 0.6) is 0 Å². The molecule has 0 saturated carbocycles.